The van der Waals surface area contributed by atoms with Crippen molar-refractivity contribution >= 4 is 23.9 Å². The number of urea groups is 2. The van der Waals surface area contributed by atoms with E-state index in [0.717, 1.165) is 33.6 Å². The Bertz CT molecular complexity index is 2400. The van der Waals surface area contributed by atoms with Crippen LogP contribution in [-0.2, 0) is 9.59 Å². The minimum atomic E-state index is -0.956. The number of nitrogens with two attached hydrogens (primary N) is 2. The molecule has 0 radical (unpaired) electrons. The molecule has 2 aromatic heterocycles. The summed E-state index contributed by atoms with van der Waals surface area (Å²) in [5.74, 6) is 0.366. The minimum absolute atomic E-state index is 0.0891. The molecular weight excluding hydrogens is 813 g/mol. The molecular formula is C48H52N10O6. The summed E-state index contributed by atoms with van der Waals surface area (Å²) in [4.78, 5) is 75.3. The van der Waals surface area contributed by atoms with Crippen LogP contribution < -0.4 is 11.5 Å². The van der Waals surface area contributed by atoms with Crippen LogP contribution in [-0.4, -0.2) is 112 Å². The lowest BCUT2D eigenvalue weighted by molar-refractivity contribution is -0.138. The van der Waals surface area contributed by atoms with E-state index in [1.807, 2.05) is 60.7 Å². The zero-order valence-electron chi connectivity index (χ0n) is 35.6. The first kappa shape index (κ1) is 43.4. The van der Waals surface area contributed by atoms with E-state index in [-0.39, 0.29) is 50.8 Å². The fourth-order valence-electron chi connectivity index (χ4n) is 9.05. The predicted molar refractivity (Wildman–Crippen MR) is 239 cm³/mol. The number of H-pyrrole nitrogens is 2. The zero-order chi connectivity index (χ0) is 45.1. The van der Waals surface area contributed by atoms with Gasteiger partial charge in [-0.1, -0.05) is 109 Å². The highest BCUT2D eigenvalue weighted by Crippen LogP contribution is 2.38. The number of primary amides is 2. The van der Waals surface area contributed by atoms with Crippen molar-refractivity contribution in [3.05, 3.63) is 144 Å². The van der Waals surface area contributed by atoms with E-state index in [4.69, 9.17) is 11.5 Å². The van der Waals surface area contributed by atoms with Crippen LogP contribution in [0.2, 0.25) is 0 Å². The number of hydrogen-bond acceptors (Lipinski definition) is 8. The Hall–Kier alpha value is -7.30. The fraction of sp³-hybridized carbons (Fsp3) is 0.292. The molecule has 6 amide bonds. The van der Waals surface area contributed by atoms with E-state index < -0.39 is 48.4 Å². The molecule has 2 fully saturated rings. The Morgan fingerprint density at radius 3 is 1.27 bits per heavy atom. The Balaban J connectivity index is 0.960. The van der Waals surface area contributed by atoms with E-state index in [0.29, 0.717) is 22.8 Å². The Morgan fingerprint density at radius 1 is 0.594 bits per heavy atom. The summed E-state index contributed by atoms with van der Waals surface area (Å²) in [5.41, 5.74) is 17.9. The quantitative estimate of drug-likeness (QED) is 0.0843. The van der Waals surface area contributed by atoms with Crippen molar-refractivity contribution in [2.45, 2.75) is 63.1 Å². The topological polar surface area (TPSA) is 231 Å². The van der Waals surface area contributed by atoms with Crippen molar-refractivity contribution in [3.63, 3.8) is 0 Å². The van der Waals surface area contributed by atoms with Crippen molar-refractivity contribution in [2.75, 3.05) is 26.2 Å². The maximum Gasteiger partial charge on any atom is 0.315 e. The van der Waals surface area contributed by atoms with Crippen LogP contribution in [0, 0.1) is 0 Å². The van der Waals surface area contributed by atoms with Crippen molar-refractivity contribution in [3.8, 4) is 33.6 Å². The van der Waals surface area contributed by atoms with Gasteiger partial charge in [0.2, 0.25) is 0 Å². The molecule has 330 valence electrons. The molecule has 4 aromatic carbocycles. The van der Waals surface area contributed by atoms with Gasteiger partial charge < -0.3 is 51.2 Å². The number of likely N-dealkylation sites (tertiary alicyclic amines) is 2. The molecule has 2 aliphatic heterocycles. The van der Waals surface area contributed by atoms with Crippen LogP contribution >= 0.6 is 0 Å². The number of aliphatic hydroxyl groups is 2. The smallest absolute Gasteiger partial charge is 0.315 e. The molecule has 2 saturated heterocycles. The Morgan fingerprint density at radius 2 is 0.938 bits per heavy atom. The van der Waals surface area contributed by atoms with Crippen molar-refractivity contribution in [2.24, 2.45) is 11.5 Å². The van der Waals surface area contributed by atoms with Crippen molar-refractivity contribution < 1.29 is 29.4 Å². The zero-order valence-corrected chi connectivity index (χ0v) is 35.6. The van der Waals surface area contributed by atoms with Gasteiger partial charge in [0.25, 0.3) is 11.8 Å². The average molecular weight is 865 g/mol. The lowest BCUT2D eigenvalue weighted by Crippen LogP contribution is -2.47. The highest BCUT2D eigenvalue weighted by atomic mass is 16.3. The molecule has 4 heterocycles. The molecule has 6 atom stereocenters. The number of nitrogens with zero attached hydrogens (tertiary/aromatic N) is 6. The lowest BCUT2D eigenvalue weighted by atomic mass is 10.0. The average Bonchev–Trinajstić information content (AvgIpc) is 4.14. The van der Waals surface area contributed by atoms with Crippen LogP contribution in [0.1, 0.15) is 73.6 Å². The maximum atomic E-state index is 14.2. The number of amides is 6. The normalized spacial score (nSPS) is 19.3. The molecule has 0 unspecified atom stereocenters. The van der Waals surface area contributed by atoms with E-state index in [1.54, 1.807) is 84.6 Å². The molecule has 0 saturated carbocycles. The molecule has 0 spiro atoms. The number of benzene rings is 4. The van der Waals surface area contributed by atoms with E-state index >= 15 is 0 Å². The van der Waals surface area contributed by atoms with E-state index in [2.05, 4.69) is 19.9 Å². The number of aromatic amines is 2. The first-order chi connectivity index (χ1) is 30.9. The number of imidazole rings is 2. The Kier molecular flexibility index (Phi) is 12.6. The number of rotatable bonds is 13. The van der Waals surface area contributed by atoms with Gasteiger partial charge in [-0.05, 0) is 47.2 Å². The third kappa shape index (κ3) is 8.69. The first-order valence-electron chi connectivity index (χ1n) is 21.5. The number of β-amino-alcohol motifs (C(OH)–C–C–N with tert-alkyl or cyclic N) is 2. The molecule has 0 bridgehead atoms. The van der Waals surface area contributed by atoms with Crippen LogP contribution in [0.25, 0.3) is 33.6 Å². The molecule has 8 N–H and O–H groups in total. The van der Waals surface area contributed by atoms with Gasteiger partial charge in [-0.25, -0.2) is 19.6 Å². The van der Waals surface area contributed by atoms with Gasteiger partial charge in [0.15, 0.2) is 0 Å². The number of carbonyl (C=O) groups excluding carboxylic acids is 4. The number of nitrogens with one attached hydrogen (secondary N) is 2. The molecule has 0 aliphatic carbocycles. The summed E-state index contributed by atoms with van der Waals surface area (Å²) in [6, 6.07) is 29.6. The SMILES string of the molecule is CCN(C(N)=O)[C@@H](C(=O)N1C[C@H](O)C[C@H]1c1ncc(-c2ccc(-c3ccc(-c4cnc([C@@H]5C[C@@H](O)CN5C(=O)[C@@H](c5ccccc5)N(CC)C(N)=O)[nH]4)cc3)cc2)[nH]1)c1ccccc1. The van der Waals surface area contributed by atoms with Crippen LogP contribution in [0.15, 0.2) is 122 Å². The number of likely N-dealkylation sites (N-methyl/N-ethyl adjacent to an activating group) is 2. The summed E-state index contributed by atoms with van der Waals surface area (Å²) in [6.45, 7) is 4.17. The number of carbonyl (C=O) groups is 4. The first-order valence-corrected chi connectivity index (χ1v) is 21.5. The second-order valence-electron chi connectivity index (χ2n) is 16.2. The van der Waals surface area contributed by atoms with Crippen LogP contribution in [0.4, 0.5) is 9.59 Å². The summed E-state index contributed by atoms with van der Waals surface area (Å²) in [6.07, 6.45) is 2.45. The summed E-state index contributed by atoms with van der Waals surface area (Å²) >= 11 is 0. The minimum Gasteiger partial charge on any atom is -0.391 e. The lowest BCUT2D eigenvalue weighted by Gasteiger charge is -2.34. The van der Waals surface area contributed by atoms with Crippen LogP contribution in [0.5, 0.6) is 0 Å². The summed E-state index contributed by atoms with van der Waals surface area (Å²) in [5, 5.41) is 21.5. The molecule has 16 nitrogen and oxygen atoms in total. The number of aromatic nitrogens is 4. The van der Waals surface area contributed by atoms with Crippen molar-refractivity contribution in [1.82, 2.24) is 39.5 Å². The van der Waals surface area contributed by atoms with Crippen molar-refractivity contribution in [1.29, 1.82) is 0 Å². The van der Waals surface area contributed by atoms with Gasteiger partial charge in [0.1, 0.15) is 23.7 Å². The van der Waals surface area contributed by atoms with E-state index in [9.17, 15) is 29.4 Å². The molecule has 64 heavy (non-hydrogen) atoms. The van der Waals surface area contributed by atoms with Gasteiger partial charge in [0, 0.05) is 39.0 Å². The third-order valence-electron chi connectivity index (χ3n) is 12.2. The summed E-state index contributed by atoms with van der Waals surface area (Å²) in [7, 11) is 0. The van der Waals surface area contributed by atoms with Gasteiger partial charge in [-0.2, -0.15) is 0 Å². The predicted octanol–water partition coefficient (Wildman–Crippen LogP) is 5.69. The van der Waals surface area contributed by atoms with Crippen LogP contribution in [0.3, 0.4) is 0 Å². The molecule has 16 heteroatoms. The second-order valence-corrected chi connectivity index (χ2v) is 16.2. The van der Waals surface area contributed by atoms with Gasteiger partial charge >= 0.3 is 12.1 Å². The number of aliphatic hydroxyl groups excluding tert-OH is 2. The molecule has 2 aliphatic rings. The fourth-order valence-corrected chi connectivity index (χ4v) is 9.05. The highest BCUT2D eigenvalue weighted by molar-refractivity contribution is 5.89. The monoisotopic (exact) mass is 864 g/mol. The maximum absolute atomic E-state index is 14.2. The molecule has 8 rings (SSSR count). The standard InChI is InChI=1S/C48H52N10O6/c1-3-55(47(49)63)41(33-11-7-5-8-12-33)45(61)57-27-35(59)23-39(57)43-51-25-37(53-43)31-19-15-29(16-20-31)30-17-21-32(22-18-30)38-26-52-44(54-38)40-24-36(60)28-58(40)46(62)42(56(4-2)48(50)64)34-13-9-6-10-14-34/h5-22,25-26,35-36,39-42,59-60H,3-4,23-24,27-28H2,1-2H3,(H2,49,63)(H2,50,64)(H,51,53)(H,52,54)/t35-,36-,39+,40+,41-,42-/m1/s1. The largest absolute Gasteiger partial charge is 0.391 e. The Labute approximate surface area is 370 Å². The van der Waals surface area contributed by atoms with Gasteiger partial charge in [-0.15, -0.1) is 0 Å². The molecule has 6 aromatic rings. The number of hydrogen-bond donors (Lipinski definition) is 6. The van der Waals surface area contributed by atoms with E-state index in [1.165, 1.54) is 9.80 Å². The highest BCUT2D eigenvalue weighted by Gasteiger charge is 2.44. The van der Waals surface area contributed by atoms with Gasteiger partial charge in [-0.3, -0.25) is 9.59 Å². The second kappa shape index (κ2) is 18.6. The van der Waals surface area contributed by atoms with Gasteiger partial charge in [0.05, 0.1) is 48.1 Å². The third-order valence-corrected chi connectivity index (χ3v) is 12.2. The summed E-state index contributed by atoms with van der Waals surface area (Å²) < 4.78 is 0.